The van der Waals surface area contributed by atoms with Crippen LogP contribution in [0.1, 0.15) is 12.8 Å². The smallest absolute Gasteiger partial charge is 0.125 e. The Morgan fingerprint density at radius 3 is 2.75 bits per heavy atom. The summed E-state index contributed by atoms with van der Waals surface area (Å²) in [6.07, 6.45) is 0.386. The Bertz CT molecular complexity index is 389. The van der Waals surface area contributed by atoms with Crippen LogP contribution >= 0.6 is 0 Å². The zero-order chi connectivity index (χ0) is 11.4. The van der Waals surface area contributed by atoms with Gasteiger partial charge in [0.1, 0.15) is 11.9 Å². The van der Waals surface area contributed by atoms with Gasteiger partial charge >= 0.3 is 0 Å². The van der Waals surface area contributed by atoms with E-state index in [9.17, 15) is 5.11 Å². The summed E-state index contributed by atoms with van der Waals surface area (Å²) in [5.74, 6) is 0.730. The van der Waals surface area contributed by atoms with E-state index in [4.69, 9.17) is 10.3 Å². The van der Waals surface area contributed by atoms with Gasteiger partial charge in [-0.3, -0.25) is 0 Å². The van der Waals surface area contributed by atoms with E-state index in [2.05, 4.69) is 10.0 Å². The molecule has 0 spiro atoms. The lowest BCUT2D eigenvalue weighted by molar-refractivity contribution is 0.0522. The third kappa shape index (κ3) is 2.27. The maximum atomic E-state index is 9.85. The molecule has 1 aromatic rings. The average Bonchev–Trinajstić information content (AvgIpc) is 2.64. The van der Waals surface area contributed by atoms with E-state index < -0.39 is 6.10 Å². The first kappa shape index (κ1) is 10.8. The standard InChI is InChI=1S/C11H13N3O2/c12-14-13-9-6-7-10(11(9)15)16-8-4-2-1-3-5-8/h1-5,9-11,15H,6-7H2/t9-,10-,11+/m1/s1. The summed E-state index contributed by atoms with van der Waals surface area (Å²) in [6, 6.07) is 8.98. The molecule has 84 valence electrons. The van der Waals surface area contributed by atoms with Gasteiger partial charge in [0.15, 0.2) is 0 Å². The number of hydrogen-bond donors (Lipinski definition) is 1. The summed E-state index contributed by atoms with van der Waals surface area (Å²) in [7, 11) is 0. The molecule has 2 rings (SSSR count). The predicted octanol–water partition coefficient (Wildman–Crippen LogP) is 2.27. The highest BCUT2D eigenvalue weighted by Gasteiger charge is 2.35. The zero-order valence-electron chi connectivity index (χ0n) is 8.73. The quantitative estimate of drug-likeness (QED) is 0.480. The second-order valence-electron chi connectivity index (χ2n) is 3.81. The molecule has 1 aliphatic rings. The minimum atomic E-state index is -0.712. The highest BCUT2D eigenvalue weighted by atomic mass is 16.5. The van der Waals surface area contributed by atoms with Crippen molar-refractivity contribution in [2.24, 2.45) is 5.11 Å². The molecule has 1 saturated carbocycles. The van der Waals surface area contributed by atoms with Crippen molar-refractivity contribution < 1.29 is 9.84 Å². The van der Waals surface area contributed by atoms with E-state index >= 15 is 0 Å². The van der Waals surface area contributed by atoms with E-state index in [0.717, 1.165) is 5.75 Å². The van der Waals surface area contributed by atoms with E-state index in [-0.39, 0.29) is 12.1 Å². The molecular weight excluding hydrogens is 206 g/mol. The van der Waals surface area contributed by atoms with Crippen molar-refractivity contribution in [3.8, 4) is 5.75 Å². The largest absolute Gasteiger partial charge is 0.488 e. The Labute approximate surface area is 93.3 Å². The van der Waals surface area contributed by atoms with Crippen molar-refractivity contribution in [2.75, 3.05) is 0 Å². The predicted molar refractivity (Wildman–Crippen MR) is 59.0 cm³/mol. The van der Waals surface area contributed by atoms with Gasteiger partial charge in [0.25, 0.3) is 0 Å². The lowest BCUT2D eigenvalue weighted by Gasteiger charge is -2.18. The van der Waals surface area contributed by atoms with Gasteiger partial charge in [-0.2, -0.15) is 0 Å². The van der Waals surface area contributed by atoms with Crippen LogP contribution in [-0.4, -0.2) is 23.4 Å². The number of benzene rings is 1. The summed E-state index contributed by atoms with van der Waals surface area (Å²) >= 11 is 0. The minimum Gasteiger partial charge on any atom is -0.488 e. The topological polar surface area (TPSA) is 78.2 Å². The normalized spacial score (nSPS) is 28.4. The zero-order valence-corrected chi connectivity index (χ0v) is 8.73. The molecule has 0 aromatic heterocycles. The van der Waals surface area contributed by atoms with Crippen LogP contribution in [0.2, 0.25) is 0 Å². The molecule has 5 heteroatoms. The van der Waals surface area contributed by atoms with Crippen LogP contribution in [0.25, 0.3) is 10.4 Å². The molecular formula is C11H13N3O2. The molecule has 0 heterocycles. The Morgan fingerprint density at radius 2 is 2.06 bits per heavy atom. The van der Waals surface area contributed by atoms with Gasteiger partial charge in [-0.15, -0.1) is 0 Å². The second-order valence-corrected chi connectivity index (χ2v) is 3.81. The van der Waals surface area contributed by atoms with Crippen molar-refractivity contribution >= 4 is 0 Å². The highest BCUT2D eigenvalue weighted by molar-refractivity contribution is 5.21. The molecule has 1 fully saturated rings. The van der Waals surface area contributed by atoms with Crippen LogP contribution < -0.4 is 4.74 Å². The first-order valence-electron chi connectivity index (χ1n) is 5.25. The fourth-order valence-electron chi connectivity index (χ4n) is 1.92. The van der Waals surface area contributed by atoms with E-state index in [1.54, 1.807) is 0 Å². The van der Waals surface area contributed by atoms with E-state index in [1.807, 2.05) is 30.3 Å². The number of aliphatic hydroxyl groups is 1. The van der Waals surface area contributed by atoms with Crippen molar-refractivity contribution in [2.45, 2.75) is 31.1 Å². The number of ether oxygens (including phenoxy) is 1. The molecule has 0 unspecified atom stereocenters. The van der Waals surface area contributed by atoms with Crippen molar-refractivity contribution in [1.29, 1.82) is 0 Å². The number of nitrogens with zero attached hydrogens (tertiary/aromatic N) is 3. The third-order valence-corrected chi connectivity index (χ3v) is 2.75. The summed E-state index contributed by atoms with van der Waals surface area (Å²) in [5.41, 5.74) is 8.33. The molecule has 5 nitrogen and oxygen atoms in total. The van der Waals surface area contributed by atoms with Crippen LogP contribution in [0.4, 0.5) is 0 Å². The molecule has 0 aliphatic heterocycles. The van der Waals surface area contributed by atoms with Crippen molar-refractivity contribution in [3.63, 3.8) is 0 Å². The Hall–Kier alpha value is -1.71. The monoisotopic (exact) mass is 219 g/mol. The number of aliphatic hydroxyl groups excluding tert-OH is 1. The molecule has 0 bridgehead atoms. The summed E-state index contributed by atoms with van der Waals surface area (Å²) < 4.78 is 5.63. The van der Waals surface area contributed by atoms with Crippen LogP contribution in [0.5, 0.6) is 5.75 Å². The van der Waals surface area contributed by atoms with Crippen LogP contribution in [-0.2, 0) is 0 Å². The van der Waals surface area contributed by atoms with Gasteiger partial charge in [0, 0.05) is 4.91 Å². The number of rotatable bonds is 3. The van der Waals surface area contributed by atoms with Crippen LogP contribution in [0, 0.1) is 0 Å². The van der Waals surface area contributed by atoms with E-state index in [0.29, 0.717) is 12.8 Å². The number of para-hydroxylation sites is 1. The molecule has 1 aromatic carbocycles. The first-order chi connectivity index (χ1) is 7.81. The van der Waals surface area contributed by atoms with E-state index in [1.165, 1.54) is 0 Å². The molecule has 0 radical (unpaired) electrons. The summed E-state index contributed by atoms with van der Waals surface area (Å²) in [5, 5.41) is 13.4. The Morgan fingerprint density at radius 1 is 1.31 bits per heavy atom. The van der Waals surface area contributed by atoms with Gasteiger partial charge in [0.2, 0.25) is 0 Å². The molecule has 1 aliphatic carbocycles. The highest BCUT2D eigenvalue weighted by Crippen LogP contribution is 2.27. The first-order valence-corrected chi connectivity index (χ1v) is 5.25. The van der Waals surface area contributed by atoms with Gasteiger partial charge in [0.05, 0.1) is 12.1 Å². The summed E-state index contributed by atoms with van der Waals surface area (Å²) in [4.78, 5) is 2.72. The maximum absolute atomic E-state index is 9.85. The lowest BCUT2D eigenvalue weighted by atomic mass is 10.2. The SMILES string of the molecule is [N-]=[N+]=N[C@@H]1CC[C@@H](Oc2ccccc2)[C@H]1O. The third-order valence-electron chi connectivity index (χ3n) is 2.75. The second kappa shape index (κ2) is 4.88. The lowest BCUT2D eigenvalue weighted by Crippen LogP contribution is -2.31. The van der Waals surface area contributed by atoms with Crippen LogP contribution in [0.3, 0.4) is 0 Å². The van der Waals surface area contributed by atoms with Crippen molar-refractivity contribution in [1.82, 2.24) is 0 Å². The summed E-state index contributed by atoms with van der Waals surface area (Å²) in [6.45, 7) is 0. The Balaban J connectivity index is 2.00. The fourth-order valence-corrected chi connectivity index (χ4v) is 1.92. The molecule has 0 amide bonds. The van der Waals surface area contributed by atoms with Gasteiger partial charge < -0.3 is 9.84 Å². The minimum absolute atomic E-state index is 0.280. The van der Waals surface area contributed by atoms with Gasteiger partial charge in [-0.25, -0.2) is 0 Å². The molecule has 3 atom stereocenters. The molecule has 16 heavy (non-hydrogen) atoms. The average molecular weight is 219 g/mol. The fraction of sp³-hybridized carbons (Fsp3) is 0.455. The molecule has 0 saturated heterocycles. The van der Waals surface area contributed by atoms with Crippen LogP contribution in [0.15, 0.2) is 35.4 Å². The Kier molecular flexibility index (Phi) is 3.29. The molecule has 1 N–H and O–H groups in total. The van der Waals surface area contributed by atoms with Crippen molar-refractivity contribution in [3.05, 3.63) is 40.8 Å². The number of azide groups is 1. The van der Waals surface area contributed by atoms with Gasteiger partial charge in [-0.1, -0.05) is 23.3 Å². The number of hydrogen-bond acceptors (Lipinski definition) is 3. The maximum Gasteiger partial charge on any atom is 0.125 e. The van der Waals surface area contributed by atoms with Gasteiger partial charge in [-0.05, 0) is 30.5 Å².